The maximum absolute atomic E-state index is 11.6. The second-order valence-electron chi connectivity index (χ2n) is 3.83. The number of aromatic nitrogens is 1. The lowest BCUT2D eigenvalue weighted by molar-refractivity contribution is 0.0600. The summed E-state index contributed by atoms with van der Waals surface area (Å²) in [6, 6.07) is 6.51. The quantitative estimate of drug-likeness (QED) is 0.847. The predicted octanol–water partition coefficient (Wildman–Crippen LogP) is 2.25. The highest BCUT2D eigenvalue weighted by molar-refractivity contribution is 7.13. The van der Waals surface area contributed by atoms with E-state index in [1.54, 1.807) is 35.8 Å². The minimum absolute atomic E-state index is 0.322. The van der Waals surface area contributed by atoms with Crippen molar-refractivity contribution in [3.8, 4) is 0 Å². The Bertz CT molecular complexity index is 581. The molecule has 1 aromatic heterocycles. The zero-order chi connectivity index (χ0) is 14.4. The van der Waals surface area contributed by atoms with Gasteiger partial charge in [0.15, 0.2) is 5.13 Å². The average molecular weight is 291 g/mol. The maximum atomic E-state index is 11.6. The van der Waals surface area contributed by atoms with Crippen molar-refractivity contribution in [1.82, 2.24) is 10.3 Å². The van der Waals surface area contributed by atoms with Gasteiger partial charge in [0.1, 0.15) is 0 Å². The molecule has 20 heavy (non-hydrogen) atoms. The number of carbonyl (C=O) groups is 2. The molecule has 0 aliphatic heterocycles. The Kier molecular flexibility index (Phi) is 4.67. The molecular weight excluding hydrogens is 278 g/mol. The van der Waals surface area contributed by atoms with Crippen molar-refractivity contribution in [2.45, 2.75) is 6.54 Å². The number of urea groups is 1. The lowest BCUT2D eigenvalue weighted by atomic mass is 10.1. The highest BCUT2D eigenvalue weighted by Gasteiger charge is 2.06. The van der Waals surface area contributed by atoms with E-state index < -0.39 is 0 Å². The Labute approximate surface area is 119 Å². The molecule has 0 bridgehead atoms. The molecule has 6 nitrogen and oxygen atoms in total. The van der Waals surface area contributed by atoms with Crippen molar-refractivity contribution >= 4 is 28.5 Å². The normalized spacial score (nSPS) is 9.85. The van der Waals surface area contributed by atoms with Gasteiger partial charge in [0, 0.05) is 18.1 Å². The van der Waals surface area contributed by atoms with Crippen molar-refractivity contribution in [3.05, 3.63) is 47.0 Å². The van der Waals surface area contributed by atoms with Crippen LogP contribution in [-0.2, 0) is 11.3 Å². The summed E-state index contributed by atoms with van der Waals surface area (Å²) in [5, 5.41) is 7.64. The van der Waals surface area contributed by atoms with Crippen molar-refractivity contribution in [3.63, 3.8) is 0 Å². The minimum atomic E-state index is -0.383. The SMILES string of the molecule is COC(=O)c1ccc(CNC(=O)Nc2nccs2)cc1. The summed E-state index contributed by atoms with van der Waals surface area (Å²) >= 11 is 1.35. The van der Waals surface area contributed by atoms with Crippen LogP contribution in [0.1, 0.15) is 15.9 Å². The third-order valence-corrected chi connectivity index (χ3v) is 3.17. The molecule has 7 heteroatoms. The Morgan fingerprint density at radius 2 is 2.05 bits per heavy atom. The second-order valence-corrected chi connectivity index (χ2v) is 4.73. The Morgan fingerprint density at radius 3 is 2.65 bits per heavy atom. The number of hydrogen-bond donors (Lipinski definition) is 2. The Hall–Kier alpha value is -2.41. The van der Waals surface area contributed by atoms with Crippen LogP contribution in [0.3, 0.4) is 0 Å². The monoisotopic (exact) mass is 291 g/mol. The number of methoxy groups -OCH3 is 1. The van der Waals surface area contributed by atoms with Crippen LogP contribution in [0.2, 0.25) is 0 Å². The van der Waals surface area contributed by atoms with E-state index >= 15 is 0 Å². The summed E-state index contributed by atoms with van der Waals surface area (Å²) in [5.74, 6) is -0.383. The van der Waals surface area contributed by atoms with Crippen LogP contribution in [0.5, 0.6) is 0 Å². The van der Waals surface area contributed by atoms with Gasteiger partial charge in [0.2, 0.25) is 0 Å². The first-order valence-electron chi connectivity index (χ1n) is 5.80. The van der Waals surface area contributed by atoms with Crippen LogP contribution < -0.4 is 10.6 Å². The minimum Gasteiger partial charge on any atom is -0.465 e. The van der Waals surface area contributed by atoms with E-state index in [9.17, 15) is 9.59 Å². The van der Waals surface area contributed by atoms with Gasteiger partial charge in [-0.2, -0.15) is 0 Å². The van der Waals surface area contributed by atoms with E-state index in [0.717, 1.165) is 5.56 Å². The number of esters is 1. The molecule has 0 aliphatic rings. The fourth-order valence-corrected chi connectivity index (χ4v) is 2.01. The fraction of sp³-hybridized carbons (Fsp3) is 0.154. The van der Waals surface area contributed by atoms with Gasteiger partial charge in [0.25, 0.3) is 0 Å². The third-order valence-electron chi connectivity index (χ3n) is 2.48. The smallest absolute Gasteiger partial charge is 0.337 e. The van der Waals surface area contributed by atoms with Gasteiger partial charge in [-0.3, -0.25) is 5.32 Å². The molecule has 1 heterocycles. The van der Waals surface area contributed by atoms with E-state index in [-0.39, 0.29) is 12.0 Å². The van der Waals surface area contributed by atoms with Gasteiger partial charge in [-0.1, -0.05) is 12.1 Å². The zero-order valence-electron chi connectivity index (χ0n) is 10.8. The fourth-order valence-electron chi connectivity index (χ4n) is 1.49. The first-order valence-corrected chi connectivity index (χ1v) is 6.68. The maximum Gasteiger partial charge on any atom is 0.337 e. The second kappa shape index (κ2) is 6.67. The number of rotatable bonds is 4. The first kappa shape index (κ1) is 14.0. The van der Waals surface area contributed by atoms with Gasteiger partial charge in [-0.05, 0) is 17.7 Å². The molecule has 0 aliphatic carbocycles. The number of ether oxygens (including phenoxy) is 1. The number of nitrogens with zero attached hydrogens (tertiary/aromatic N) is 1. The van der Waals surface area contributed by atoms with Gasteiger partial charge < -0.3 is 10.1 Å². The molecule has 0 saturated carbocycles. The lowest BCUT2D eigenvalue weighted by Crippen LogP contribution is -2.28. The van der Waals surface area contributed by atoms with Crippen LogP contribution in [0, 0.1) is 0 Å². The summed E-state index contributed by atoms with van der Waals surface area (Å²) in [7, 11) is 1.33. The number of nitrogens with one attached hydrogen (secondary N) is 2. The van der Waals surface area contributed by atoms with Crippen molar-refractivity contribution in [2.75, 3.05) is 12.4 Å². The van der Waals surface area contributed by atoms with Crippen LogP contribution in [-0.4, -0.2) is 24.1 Å². The number of amides is 2. The number of benzene rings is 1. The van der Waals surface area contributed by atoms with E-state index in [1.165, 1.54) is 18.4 Å². The molecule has 0 atom stereocenters. The largest absolute Gasteiger partial charge is 0.465 e. The summed E-state index contributed by atoms with van der Waals surface area (Å²) in [6.45, 7) is 0.360. The zero-order valence-corrected chi connectivity index (χ0v) is 11.6. The number of carbonyl (C=O) groups excluding carboxylic acids is 2. The number of hydrogen-bond acceptors (Lipinski definition) is 5. The molecule has 0 spiro atoms. The highest BCUT2D eigenvalue weighted by atomic mass is 32.1. The Balaban J connectivity index is 1.84. The van der Waals surface area contributed by atoms with Crippen LogP contribution >= 0.6 is 11.3 Å². The topological polar surface area (TPSA) is 80.3 Å². The molecule has 0 unspecified atom stereocenters. The summed E-state index contributed by atoms with van der Waals surface area (Å²) in [6.07, 6.45) is 1.62. The van der Waals surface area contributed by atoms with Gasteiger partial charge in [-0.25, -0.2) is 14.6 Å². The van der Waals surface area contributed by atoms with Crippen molar-refractivity contribution in [1.29, 1.82) is 0 Å². The number of anilines is 1. The molecular formula is C13H13N3O3S. The van der Waals surface area contributed by atoms with Gasteiger partial charge >= 0.3 is 12.0 Å². The molecule has 0 saturated heterocycles. The molecule has 0 radical (unpaired) electrons. The molecule has 1 aromatic carbocycles. The van der Waals surface area contributed by atoms with Gasteiger partial charge in [-0.15, -0.1) is 11.3 Å². The van der Waals surface area contributed by atoms with Crippen molar-refractivity contribution in [2.24, 2.45) is 0 Å². The summed E-state index contributed by atoms with van der Waals surface area (Å²) in [5.41, 5.74) is 1.36. The predicted molar refractivity (Wildman–Crippen MR) is 75.8 cm³/mol. The van der Waals surface area contributed by atoms with Crippen LogP contribution in [0.15, 0.2) is 35.8 Å². The molecule has 2 amide bonds. The third kappa shape index (κ3) is 3.79. The van der Waals surface area contributed by atoms with E-state index in [2.05, 4.69) is 20.4 Å². The average Bonchev–Trinajstić information content (AvgIpc) is 2.97. The molecule has 104 valence electrons. The molecule has 0 fully saturated rings. The lowest BCUT2D eigenvalue weighted by Gasteiger charge is -2.06. The first-order chi connectivity index (χ1) is 9.69. The molecule has 2 aromatic rings. The van der Waals surface area contributed by atoms with Crippen LogP contribution in [0.25, 0.3) is 0 Å². The highest BCUT2D eigenvalue weighted by Crippen LogP contribution is 2.10. The number of thiazole rings is 1. The Morgan fingerprint density at radius 1 is 1.30 bits per heavy atom. The van der Waals surface area contributed by atoms with E-state index in [1.807, 2.05) is 0 Å². The standard InChI is InChI=1S/C13H13N3O3S/c1-19-11(17)10-4-2-9(3-5-10)8-15-12(18)16-13-14-6-7-20-13/h2-7H,8H2,1H3,(H2,14,15,16,18). The van der Waals surface area contributed by atoms with Gasteiger partial charge in [0.05, 0.1) is 12.7 Å². The van der Waals surface area contributed by atoms with Crippen molar-refractivity contribution < 1.29 is 14.3 Å². The van der Waals surface area contributed by atoms with E-state index in [0.29, 0.717) is 17.2 Å². The van der Waals surface area contributed by atoms with Crippen LogP contribution in [0.4, 0.5) is 9.93 Å². The molecule has 2 rings (SSSR count). The molecule has 2 N–H and O–H groups in total. The van der Waals surface area contributed by atoms with E-state index in [4.69, 9.17) is 0 Å². The summed E-state index contributed by atoms with van der Waals surface area (Å²) in [4.78, 5) is 26.8. The summed E-state index contributed by atoms with van der Waals surface area (Å²) < 4.78 is 4.61.